The van der Waals surface area contributed by atoms with Crippen LogP contribution in [0.5, 0.6) is 0 Å². The SMILES string of the molecule is C=CCOC(=O)NC(CC)C(OC1CCCC(CN=O)O1)C(=O)NC1CC1. The van der Waals surface area contributed by atoms with Crippen LogP contribution in [0.4, 0.5) is 4.79 Å². The Morgan fingerprint density at radius 1 is 1.33 bits per heavy atom. The lowest BCUT2D eigenvalue weighted by Crippen LogP contribution is -2.54. The number of hydrogen-bond acceptors (Lipinski definition) is 7. The molecule has 152 valence electrons. The highest BCUT2D eigenvalue weighted by molar-refractivity contribution is 5.83. The molecule has 2 N–H and O–H groups in total. The van der Waals surface area contributed by atoms with Gasteiger partial charge in [0.25, 0.3) is 5.91 Å². The first-order valence-electron chi connectivity index (χ1n) is 9.52. The molecular formula is C18H29N3O6. The maximum Gasteiger partial charge on any atom is 0.407 e. The molecule has 1 heterocycles. The van der Waals surface area contributed by atoms with Gasteiger partial charge in [0.05, 0.1) is 12.1 Å². The average Bonchev–Trinajstić information content (AvgIpc) is 3.47. The van der Waals surface area contributed by atoms with Crippen molar-refractivity contribution < 1.29 is 23.8 Å². The van der Waals surface area contributed by atoms with Crippen molar-refractivity contribution in [2.75, 3.05) is 13.2 Å². The summed E-state index contributed by atoms with van der Waals surface area (Å²) in [5, 5.41) is 8.48. The van der Waals surface area contributed by atoms with Crippen LogP contribution in [0.15, 0.2) is 17.8 Å². The lowest BCUT2D eigenvalue weighted by molar-refractivity contribution is -0.216. The second-order valence-electron chi connectivity index (χ2n) is 6.82. The van der Waals surface area contributed by atoms with Crippen LogP contribution in [0, 0.1) is 4.91 Å². The first-order chi connectivity index (χ1) is 13.1. The number of carbonyl (C=O) groups is 2. The van der Waals surface area contributed by atoms with Gasteiger partial charge >= 0.3 is 6.09 Å². The first kappa shape index (κ1) is 21.3. The van der Waals surface area contributed by atoms with Crippen LogP contribution in [0.2, 0.25) is 0 Å². The Labute approximate surface area is 159 Å². The number of alkyl carbamates (subject to hydrolysis) is 1. The zero-order valence-electron chi connectivity index (χ0n) is 15.7. The summed E-state index contributed by atoms with van der Waals surface area (Å²) in [5.41, 5.74) is 0. The highest BCUT2D eigenvalue weighted by Gasteiger charge is 2.36. The second-order valence-corrected chi connectivity index (χ2v) is 6.82. The van der Waals surface area contributed by atoms with E-state index in [0.717, 1.165) is 25.7 Å². The molecule has 0 bridgehead atoms. The molecule has 1 aliphatic carbocycles. The number of rotatable bonds is 11. The second kappa shape index (κ2) is 11.0. The Hall–Kier alpha value is -2.00. The summed E-state index contributed by atoms with van der Waals surface area (Å²) in [4.78, 5) is 35.1. The molecule has 1 saturated carbocycles. The minimum Gasteiger partial charge on any atom is -0.445 e. The maximum atomic E-state index is 12.7. The van der Waals surface area contributed by atoms with Gasteiger partial charge in [0.1, 0.15) is 13.2 Å². The number of amides is 2. The maximum absolute atomic E-state index is 12.7. The summed E-state index contributed by atoms with van der Waals surface area (Å²) >= 11 is 0. The van der Waals surface area contributed by atoms with Crippen LogP contribution >= 0.6 is 0 Å². The van der Waals surface area contributed by atoms with Gasteiger partial charge < -0.3 is 24.8 Å². The fourth-order valence-corrected chi connectivity index (χ4v) is 2.91. The van der Waals surface area contributed by atoms with Gasteiger partial charge in [-0.05, 0) is 38.5 Å². The molecule has 2 amide bonds. The van der Waals surface area contributed by atoms with E-state index in [1.54, 1.807) is 0 Å². The summed E-state index contributed by atoms with van der Waals surface area (Å²) in [7, 11) is 0. The molecule has 9 heteroatoms. The Morgan fingerprint density at radius 2 is 2.11 bits per heavy atom. The van der Waals surface area contributed by atoms with Crippen molar-refractivity contribution in [3.8, 4) is 0 Å². The minimum absolute atomic E-state index is 0.0577. The van der Waals surface area contributed by atoms with Gasteiger partial charge in [0, 0.05) is 6.04 Å². The monoisotopic (exact) mass is 383 g/mol. The lowest BCUT2D eigenvalue weighted by Gasteiger charge is -2.34. The van der Waals surface area contributed by atoms with E-state index in [0.29, 0.717) is 12.8 Å². The number of nitrogens with one attached hydrogen (secondary N) is 2. The topological polar surface area (TPSA) is 115 Å². The van der Waals surface area contributed by atoms with Crippen LogP contribution in [-0.2, 0) is 19.0 Å². The summed E-state index contributed by atoms with van der Waals surface area (Å²) in [6.45, 7) is 5.48. The molecule has 2 rings (SSSR count). The Kier molecular flexibility index (Phi) is 8.66. The summed E-state index contributed by atoms with van der Waals surface area (Å²) < 4.78 is 16.6. The van der Waals surface area contributed by atoms with E-state index in [4.69, 9.17) is 14.2 Å². The number of carbonyl (C=O) groups excluding carboxylic acids is 2. The van der Waals surface area contributed by atoms with E-state index in [1.165, 1.54) is 6.08 Å². The van der Waals surface area contributed by atoms with Crippen LogP contribution in [-0.4, -0.2) is 55.7 Å². The fourth-order valence-electron chi connectivity index (χ4n) is 2.91. The molecule has 0 aromatic rings. The number of nitrogens with zero attached hydrogens (tertiary/aromatic N) is 1. The van der Waals surface area contributed by atoms with Crippen LogP contribution in [0.25, 0.3) is 0 Å². The molecular weight excluding hydrogens is 354 g/mol. The molecule has 0 aromatic carbocycles. The van der Waals surface area contributed by atoms with Crippen molar-refractivity contribution in [2.24, 2.45) is 5.18 Å². The standard InChI is InChI=1S/C18H29N3O6/c1-3-10-25-18(23)21-14(4-2)16(17(22)20-12-8-9-12)27-15-7-5-6-13(26-15)11-19-24/h3,12-16H,1,4-11H2,2H3,(H,20,22)(H,21,23). The Bertz CT molecular complexity index is 525. The van der Waals surface area contributed by atoms with E-state index in [9.17, 15) is 14.5 Å². The van der Waals surface area contributed by atoms with E-state index >= 15 is 0 Å². The van der Waals surface area contributed by atoms with Gasteiger partial charge in [-0.15, -0.1) is 0 Å². The smallest absolute Gasteiger partial charge is 0.407 e. The van der Waals surface area contributed by atoms with Gasteiger partial charge in [-0.25, -0.2) is 4.79 Å². The predicted molar refractivity (Wildman–Crippen MR) is 98.0 cm³/mol. The largest absolute Gasteiger partial charge is 0.445 e. The molecule has 0 aromatic heterocycles. The van der Waals surface area contributed by atoms with Crippen molar-refractivity contribution in [3.05, 3.63) is 17.6 Å². The summed E-state index contributed by atoms with van der Waals surface area (Å²) in [5.74, 6) is -0.285. The van der Waals surface area contributed by atoms with Gasteiger partial charge in [-0.2, -0.15) is 4.91 Å². The highest BCUT2D eigenvalue weighted by Crippen LogP contribution is 2.24. The Balaban J connectivity index is 2.01. The average molecular weight is 383 g/mol. The van der Waals surface area contributed by atoms with Crippen LogP contribution in [0.3, 0.4) is 0 Å². The third-order valence-corrected chi connectivity index (χ3v) is 4.51. The van der Waals surface area contributed by atoms with Crippen molar-refractivity contribution in [1.29, 1.82) is 0 Å². The Morgan fingerprint density at radius 3 is 2.74 bits per heavy atom. The molecule has 9 nitrogen and oxygen atoms in total. The third-order valence-electron chi connectivity index (χ3n) is 4.51. The van der Waals surface area contributed by atoms with E-state index in [1.807, 2.05) is 6.92 Å². The molecule has 2 aliphatic rings. The summed E-state index contributed by atoms with van der Waals surface area (Å²) in [6.07, 6.45) is 3.49. The van der Waals surface area contributed by atoms with Crippen molar-refractivity contribution in [1.82, 2.24) is 10.6 Å². The molecule has 2 fully saturated rings. The van der Waals surface area contributed by atoms with Crippen LogP contribution in [0.1, 0.15) is 45.4 Å². The van der Waals surface area contributed by atoms with Gasteiger partial charge in [0.15, 0.2) is 12.4 Å². The number of hydrogen-bond donors (Lipinski definition) is 2. The van der Waals surface area contributed by atoms with E-state index in [2.05, 4.69) is 22.4 Å². The molecule has 0 radical (unpaired) electrons. The molecule has 4 atom stereocenters. The molecule has 1 saturated heterocycles. The number of ether oxygens (including phenoxy) is 3. The third kappa shape index (κ3) is 7.26. The molecule has 0 spiro atoms. The lowest BCUT2D eigenvalue weighted by atomic mass is 10.1. The van der Waals surface area contributed by atoms with Gasteiger partial charge in [-0.1, -0.05) is 24.8 Å². The van der Waals surface area contributed by atoms with E-state index < -0.39 is 24.5 Å². The summed E-state index contributed by atoms with van der Waals surface area (Å²) in [6, 6.07) is -0.414. The van der Waals surface area contributed by atoms with Crippen molar-refractivity contribution in [2.45, 2.75) is 76.0 Å². The molecule has 1 aliphatic heterocycles. The first-order valence-corrected chi connectivity index (χ1v) is 9.52. The van der Waals surface area contributed by atoms with Gasteiger partial charge in [-0.3, -0.25) is 4.79 Å². The molecule has 4 unspecified atom stereocenters. The van der Waals surface area contributed by atoms with Crippen molar-refractivity contribution >= 4 is 12.0 Å². The van der Waals surface area contributed by atoms with Crippen LogP contribution < -0.4 is 10.6 Å². The normalized spacial score (nSPS) is 24.3. The van der Waals surface area contributed by atoms with Gasteiger partial charge in [0.2, 0.25) is 0 Å². The molecule has 27 heavy (non-hydrogen) atoms. The van der Waals surface area contributed by atoms with Crippen molar-refractivity contribution in [3.63, 3.8) is 0 Å². The zero-order chi connectivity index (χ0) is 19.6. The predicted octanol–water partition coefficient (Wildman–Crippen LogP) is 2.00. The van der Waals surface area contributed by atoms with E-state index in [-0.39, 0.29) is 31.2 Å². The highest BCUT2D eigenvalue weighted by atomic mass is 16.7. The fraction of sp³-hybridized carbons (Fsp3) is 0.778. The zero-order valence-corrected chi connectivity index (χ0v) is 15.7. The number of nitroso groups, excluding NO2 is 1. The minimum atomic E-state index is -0.917. The quantitative estimate of drug-likeness (QED) is 0.416.